The average molecular weight is 390 g/mol. The van der Waals surface area contributed by atoms with E-state index in [1.807, 2.05) is 18.0 Å². The van der Waals surface area contributed by atoms with E-state index in [0.29, 0.717) is 37.1 Å². The molecule has 0 fully saturated rings. The number of aromatic nitrogens is 5. The molecule has 148 valence electrons. The van der Waals surface area contributed by atoms with Gasteiger partial charge in [0, 0.05) is 43.2 Å². The van der Waals surface area contributed by atoms with Crippen LogP contribution in [-0.4, -0.2) is 42.7 Å². The molecule has 0 spiro atoms. The van der Waals surface area contributed by atoms with E-state index in [-0.39, 0.29) is 5.91 Å². The van der Waals surface area contributed by atoms with Crippen LogP contribution < -0.4 is 0 Å². The third-order valence-corrected chi connectivity index (χ3v) is 5.75. The standard InChI is InChI=1S/C21H22N6O2/c1-13-19(20-25-21(29-26-20)15-10-23-24-11-15)17-6-7-27(12-16(17)9-22-13)18(28)8-14-4-2-3-5-14/h2,4,9-11,14H,3,5-8,12H2,1H3,(H,23,24). The van der Waals surface area contributed by atoms with Gasteiger partial charge in [0.05, 0.1) is 11.8 Å². The zero-order chi connectivity index (χ0) is 19.8. The van der Waals surface area contributed by atoms with Gasteiger partial charge in [-0.25, -0.2) is 0 Å². The number of carbonyl (C=O) groups is 1. The molecule has 8 nitrogen and oxygen atoms in total. The molecule has 5 rings (SSSR count). The minimum absolute atomic E-state index is 0.219. The molecular weight excluding hydrogens is 368 g/mol. The lowest BCUT2D eigenvalue weighted by atomic mass is 9.94. The molecule has 1 atom stereocenters. The maximum atomic E-state index is 12.7. The molecule has 29 heavy (non-hydrogen) atoms. The number of amides is 1. The second-order valence-electron chi connectivity index (χ2n) is 7.67. The van der Waals surface area contributed by atoms with E-state index in [1.165, 1.54) is 0 Å². The third kappa shape index (κ3) is 3.35. The fourth-order valence-corrected chi connectivity index (χ4v) is 4.19. The number of pyridine rings is 1. The van der Waals surface area contributed by atoms with E-state index in [2.05, 4.69) is 37.5 Å². The van der Waals surface area contributed by atoms with E-state index in [1.54, 1.807) is 12.4 Å². The molecule has 3 aromatic rings. The van der Waals surface area contributed by atoms with Gasteiger partial charge in [-0.1, -0.05) is 17.3 Å². The Bertz CT molecular complexity index is 1070. The summed E-state index contributed by atoms with van der Waals surface area (Å²) in [7, 11) is 0. The quantitative estimate of drug-likeness (QED) is 0.687. The Hall–Kier alpha value is -3.29. The summed E-state index contributed by atoms with van der Waals surface area (Å²) in [5.41, 5.74) is 4.73. The summed E-state index contributed by atoms with van der Waals surface area (Å²) in [6.45, 7) is 3.23. The number of H-pyrrole nitrogens is 1. The van der Waals surface area contributed by atoms with E-state index in [9.17, 15) is 4.79 Å². The number of nitrogens with one attached hydrogen (secondary N) is 1. The summed E-state index contributed by atoms with van der Waals surface area (Å²) >= 11 is 0. The van der Waals surface area contributed by atoms with Gasteiger partial charge in [0.25, 0.3) is 5.89 Å². The zero-order valence-corrected chi connectivity index (χ0v) is 16.3. The topological polar surface area (TPSA) is 101 Å². The van der Waals surface area contributed by atoms with Crippen molar-refractivity contribution in [3.8, 4) is 22.8 Å². The van der Waals surface area contributed by atoms with Crippen LogP contribution in [0.3, 0.4) is 0 Å². The normalized spacial score (nSPS) is 18.2. The summed E-state index contributed by atoms with van der Waals surface area (Å²) in [5.74, 6) is 1.55. The predicted molar refractivity (Wildman–Crippen MR) is 105 cm³/mol. The second-order valence-corrected chi connectivity index (χ2v) is 7.67. The van der Waals surface area contributed by atoms with E-state index < -0.39 is 0 Å². The van der Waals surface area contributed by atoms with Gasteiger partial charge in [0.1, 0.15) is 0 Å². The molecule has 1 N–H and O–H groups in total. The van der Waals surface area contributed by atoms with Crippen LogP contribution in [0.2, 0.25) is 0 Å². The van der Waals surface area contributed by atoms with Crippen LogP contribution in [0.25, 0.3) is 22.8 Å². The van der Waals surface area contributed by atoms with Gasteiger partial charge >= 0.3 is 0 Å². The zero-order valence-electron chi connectivity index (χ0n) is 16.3. The van der Waals surface area contributed by atoms with Crippen molar-refractivity contribution in [2.75, 3.05) is 6.54 Å². The number of hydrogen-bond acceptors (Lipinski definition) is 6. The Kier molecular flexibility index (Phi) is 4.46. The third-order valence-electron chi connectivity index (χ3n) is 5.75. The summed E-state index contributed by atoms with van der Waals surface area (Å²) < 4.78 is 5.42. The number of rotatable bonds is 4. The van der Waals surface area contributed by atoms with Gasteiger partial charge in [-0.2, -0.15) is 10.1 Å². The Morgan fingerprint density at radius 2 is 2.31 bits per heavy atom. The fourth-order valence-electron chi connectivity index (χ4n) is 4.19. The lowest BCUT2D eigenvalue weighted by Crippen LogP contribution is -2.37. The number of hydrogen-bond donors (Lipinski definition) is 1. The highest BCUT2D eigenvalue weighted by Crippen LogP contribution is 2.32. The van der Waals surface area contributed by atoms with Crippen molar-refractivity contribution in [1.82, 2.24) is 30.2 Å². The van der Waals surface area contributed by atoms with Crippen LogP contribution in [0.1, 0.15) is 36.1 Å². The molecule has 8 heteroatoms. The molecule has 1 aliphatic carbocycles. The summed E-state index contributed by atoms with van der Waals surface area (Å²) in [5, 5.41) is 10.8. The maximum absolute atomic E-state index is 12.7. The van der Waals surface area contributed by atoms with Crippen molar-refractivity contribution in [3.63, 3.8) is 0 Å². The lowest BCUT2D eigenvalue weighted by molar-refractivity contribution is -0.132. The van der Waals surface area contributed by atoms with Crippen molar-refractivity contribution in [2.45, 2.75) is 39.2 Å². The highest BCUT2D eigenvalue weighted by molar-refractivity contribution is 5.77. The summed E-state index contributed by atoms with van der Waals surface area (Å²) in [6.07, 6.45) is 13.1. The van der Waals surface area contributed by atoms with Crippen LogP contribution in [0, 0.1) is 12.8 Å². The first-order valence-electron chi connectivity index (χ1n) is 9.94. The molecule has 0 aromatic carbocycles. The van der Waals surface area contributed by atoms with Crippen LogP contribution in [0.4, 0.5) is 0 Å². The molecule has 2 aliphatic rings. The Labute approximate surface area is 168 Å². The lowest BCUT2D eigenvalue weighted by Gasteiger charge is -2.30. The monoisotopic (exact) mass is 390 g/mol. The highest BCUT2D eigenvalue weighted by Gasteiger charge is 2.27. The van der Waals surface area contributed by atoms with Crippen molar-refractivity contribution >= 4 is 5.91 Å². The largest absolute Gasteiger partial charge is 0.338 e. The molecule has 0 radical (unpaired) electrons. The van der Waals surface area contributed by atoms with Gasteiger partial charge in [-0.3, -0.25) is 14.9 Å². The van der Waals surface area contributed by atoms with Crippen molar-refractivity contribution in [1.29, 1.82) is 0 Å². The smallest absolute Gasteiger partial charge is 0.261 e. The molecule has 0 saturated carbocycles. The first-order valence-corrected chi connectivity index (χ1v) is 9.94. The van der Waals surface area contributed by atoms with E-state index in [0.717, 1.165) is 47.2 Å². The first kappa shape index (κ1) is 17.8. The van der Waals surface area contributed by atoms with Gasteiger partial charge in [-0.05, 0) is 43.2 Å². The molecule has 3 aromatic heterocycles. The second kappa shape index (κ2) is 7.27. The van der Waals surface area contributed by atoms with Gasteiger partial charge < -0.3 is 9.42 Å². The Morgan fingerprint density at radius 3 is 3.10 bits per heavy atom. The van der Waals surface area contributed by atoms with Crippen LogP contribution >= 0.6 is 0 Å². The number of fused-ring (bicyclic) bond motifs is 1. The molecule has 0 saturated heterocycles. The van der Waals surface area contributed by atoms with E-state index >= 15 is 0 Å². The van der Waals surface area contributed by atoms with Crippen LogP contribution in [-0.2, 0) is 17.8 Å². The van der Waals surface area contributed by atoms with E-state index in [4.69, 9.17) is 4.52 Å². The predicted octanol–water partition coefficient (Wildman–Crippen LogP) is 3.07. The van der Waals surface area contributed by atoms with Gasteiger partial charge in [0.2, 0.25) is 11.7 Å². The summed E-state index contributed by atoms with van der Waals surface area (Å²) in [4.78, 5) is 23.8. The SMILES string of the molecule is Cc1ncc2c(c1-c1noc(-c3cn[nH]c3)n1)CCN(C(=O)CC1C=CCC1)C2. The van der Waals surface area contributed by atoms with Gasteiger partial charge in [0.15, 0.2) is 0 Å². The van der Waals surface area contributed by atoms with Crippen molar-refractivity contribution in [3.05, 3.63) is 47.6 Å². The first-order chi connectivity index (χ1) is 14.2. The molecule has 1 amide bonds. The van der Waals surface area contributed by atoms with Gasteiger partial charge in [-0.15, -0.1) is 0 Å². The van der Waals surface area contributed by atoms with Crippen LogP contribution in [0.5, 0.6) is 0 Å². The minimum atomic E-state index is 0.219. The summed E-state index contributed by atoms with van der Waals surface area (Å²) in [6, 6.07) is 0. The number of allylic oxidation sites excluding steroid dienone is 2. The minimum Gasteiger partial charge on any atom is -0.338 e. The number of aromatic amines is 1. The molecule has 4 heterocycles. The van der Waals surface area contributed by atoms with Crippen molar-refractivity contribution < 1.29 is 9.32 Å². The number of carbonyl (C=O) groups excluding carboxylic acids is 1. The maximum Gasteiger partial charge on any atom is 0.261 e. The number of nitrogens with zero attached hydrogens (tertiary/aromatic N) is 5. The number of aryl methyl sites for hydroxylation is 1. The average Bonchev–Trinajstić information content (AvgIpc) is 3.49. The Morgan fingerprint density at radius 1 is 1.38 bits per heavy atom. The molecule has 1 aliphatic heterocycles. The van der Waals surface area contributed by atoms with Crippen LogP contribution in [0.15, 0.2) is 35.3 Å². The molecular formula is C21H22N6O2. The molecule has 0 bridgehead atoms. The fraction of sp³-hybridized carbons (Fsp3) is 0.381. The van der Waals surface area contributed by atoms with Crippen molar-refractivity contribution in [2.24, 2.45) is 5.92 Å². The molecule has 1 unspecified atom stereocenters. The highest BCUT2D eigenvalue weighted by atomic mass is 16.5. The Balaban J connectivity index is 1.40.